The minimum Gasteiger partial charge on any atom is -0.273 e. The van der Waals surface area contributed by atoms with Gasteiger partial charge in [-0.15, -0.1) is 0 Å². The van der Waals surface area contributed by atoms with E-state index in [9.17, 15) is 0 Å². The highest BCUT2D eigenvalue weighted by Crippen LogP contribution is 1.73. The Morgan fingerprint density at radius 3 is 2.50 bits per heavy atom. The average molecular weight is 116 g/mol. The van der Waals surface area contributed by atoms with E-state index in [1.54, 1.807) is 6.34 Å². The first-order valence-electron chi connectivity index (χ1n) is 2.86. The summed E-state index contributed by atoms with van der Waals surface area (Å²) in [7, 11) is 0. The van der Waals surface area contributed by atoms with E-state index in [0.717, 1.165) is 6.54 Å². The molecule has 0 aromatic carbocycles. The van der Waals surface area contributed by atoms with Gasteiger partial charge in [-0.25, -0.2) is 0 Å². The molecular weight excluding hydrogens is 104 g/mol. The predicted molar refractivity (Wildman–Crippen MR) is 33.8 cm³/mol. The summed E-state index contributed by atoms with van der Waals surface area (Å²) in [6.07, 6.45) is 1.55. The van der Waals surface area contributed by atoms with Crippen molar-refractivity contribution in [1.82, 2.24) is 5.48 Å². The maximum absolute atomic E-state index is 4.67. The largest absolute Gasteiger partial charge is 0.273 e. The fourth-order valence-electron chi connectivity index (χ4n) is 0.296. The molecule has 0 aliphatic carbocycles. The highest BCUT2D eigenvalue weighted by molar-refractivity contribution is 5.52. The summed E-state index contributed by atoms with van der Waals surface area (Å²) < 4.78 is 0. The zero-order valence-corrected chi connectivity index (χ0v) is 5.35. The second kappa shape index (κ2) is 6.43. The first kappa shape index (κ1) is 7.43. The monoisotopic (exact) mass is 116 g/mol. The Morgan fingerprint density at radius 2 is 2.38 bits per heavy atom. The molecule has 0 fully saturated rings. The summed E-state index contributed by atoms with van der Waals surface area (Å²) in [6, 6.07) is 0. The van der Waals surface area contributed by atoms with Gasteiger partial charge in [0.25, 0.3) is 0 Å². The van der Waals surface area contributed by atoms with Gasteiger partial charge >= 0.3 is 0 Å². The topological polar surface area (TPSA) is 33.6 Å². The van der Waals surface area contributed by atoms with Crippen molar-refractivity contribution in [3.05, 3.63) is 0 Å². The SMILES string of the molecule is C1=NCCON1.CC. The van der Waals surface area contributed by atoms with Crippen molar-refractivity contribution < 1.29 is 4.84 Å². The Morgan fingerprint density at radius 1 is 1.62 bits per heavy atom. The Kier molecular flexibility index (Phi) is 5.97. The van der Waals surface area contributed by atoms with Gasteiger partial charge in [0.15, 0.2) is 0 Å². The number of hydroxylamine groups is 1. The highest BCUT2D eigenvalue weighted by Gasteiger charge is 1.85. The van der Waals surface area contributed by atoms with E-state index in [4.69, 9.17) is 0 Å². The van der Waals surface area contributed by atoms with Gasteiger partial charge in [0.1, 0.15) is 6.34 Å². The molecule has 1 N–H and O–H groups in total. The molecule has 0 spiro atoms. The van der Waals surface area contributed by atoms with Crippen molar-refractivity contribution in [3.8, 4) is 0 Å². The molecule has 0 unspecified atom stereocenters. The molecule has 1 heterocycles. The van der Waals surface area contributed by atoms with E-state index in [1.165, 1.54) is 0 Å². The van der Waals surface area contributed by atoms with Crippen LogP contribution in [-0.2, 0) is 4.84 Å². The molecule has 48 valence electrons. The van der Waals surface area contributed by atoms with Crippen LogP contribution in [0.25, 0.3) is 0 Å². The molecule has 0 aromatic heterocycles. The zero-order valence-electron chi connectivity index (χ0n) is 5.35. The van der Waals surface area contributed by atoms with Gasteiger partial charge in [0, 0.05) is 0 Å². The van der Waals surface area contributed by atoms with Gasteiger partial charge in [-0.05, 0) is 0 Å². The molecule has 1 aliphatic heterocycles. The molecule has 3 nitrogen and oxygen atoms in total. The third-order valence-electron chi connectivity index (χ3n) is 0.550. The van der Waals surface area contributed by atoms with E-state index < -0.39 is 0 Å². The lowest BCUT2D eigenvalue weighted by molar-refractivity contribution is 0.0864. The van der Waals surface area contributed by atoms with Gasteiger partial charge in [-0.1, -0.05) is 13.8 Å². The number of aliphatic imine (C=N–C) groups is 1. The normalized spacial score (nSPS) is 15.8. The lowest BCUT2D eigenvalue weighted by Crippen LogP contribution is -2.19. The first-order chi connectivity index (χ1) is 4.00. The lowest BCUT2D eigenvalue weighted by atomic mass is 10.7. The number of nitrogens with zero attached hydrogens (tertiary/aromatic N) is 1. The third-order valence-corrected chi connectivity index (χ3v) is 0.550. The van der Waals surface area contributed by atoms with Crippen molar-refractivity contribution in [3.63, 3.8) is 0 Å². The molecule has 3 heteroatoms. The molecule has 0 radical (unpaired) electrons. The van der Waals surface area contributed by atoms with Crippen molar-refractivity contribution in [2.75, 3.05) is 13.2 Å². The summed E-state index contributed by atoms with van der Waals surface area (Å²) in [5.41, 5.74) is 2.49. The van der Waals surface area contributed by atoms with Gasteiger partial charge in [0.05, 0.1) is 13.2 Å². The minimum atomic E-state index is 0.691. The van der Waals surface area contributed by atoms with Crippen LogP contribution in [0.2, 0.25) is 0 Å². The quantitative estimate of drug-likeness (QED) is 0.502. The van der Waals surface area contributed by atoms with Gasteiger partial charge in [-0.2, -0.15) is 0 Å². The second-order valence-corrected chi connectivity index (χ2v) is 1.00. The van der Waals surface area contributed by atoms with Crippen LogP contribution in [0.15, 0.2) is 4.99 Å². The molecule has 0 aromatic rings. The average Bonchev–Trinajstić information content (AvgIpc) is 1.96. The summed E-state index contributed by atoms with van der Waals surface area (Å²) >= 11 is 0. The zero-order chi connectivity index (χ0) is 6.24. The molecular formula is C5H12N2O. The van der Waals surface area contributed by atoms with Crippen molar-refractivity contribution in [2.24, 2.45) is 4.99 Å². The van der Waals surface area contributed by atoms with Crippen LogP contribution in [0.3, 0.4) is 0 Å². The molecule has 0 bridgehead atoms. The van der Waals surface area contributed by atoms with Crippen molar-refractivity contribution in [2.45, 2.75) is 13.8 Å². The highest BCUT2D eigenvalue weighted by atomic mass is 16.6. The lowest BCUT2D eigenvalue weighted by Gasteiger charge is -2.02. The van der Waals surface area contributed by atoms with Crippen LogP contribution < -0.4 is 5.48 Å². The molecule has 0 saturated heterocycles. The molecule has 0 atom stereocenters. The maximum Gasteiger partial charge on any atom is 0.107 e. The van der Waals surface area contributed by atoms with Crippen LogP contribution in [-0.4, -0.2) is 19.5 Å². The van der Waals surface area contributed by atoms with E-state index in [1.807, 2.05) is 13.8 Å². The number of hydrogen-bond donors (Lipinski definition) is 1. The van der Waals surface area contributed by atoms with Gasteiger partial charge in [-0.3, -0.25) is 15.3 Å². The Bertz CT molecular complexity index is 55.4. The van der Waals surface area contributed by atoms with E-state index in [2.05, 4.69) is 15.3 Å². The molecule has 1 rings (SSSR count). The van der Waals surface area contributed by atoms with E-state index >= 15 is 0 Å². The molecule has 0 saturated carbocycles. The van der Waals surface area contributed by atoms with Crippen LogP contribution >= 0.6 is 0 Å². The maximum atomic E-state index is 4.67. The van der Waals surface area contributed by atoms with Crippen LogP contribution in [0.5, 0.6) is 0 Å². The number of rotatable bonds is 0. The molecule has 0 amide bonds. The van der Waals surface area contributed by atoms with Crippen molar-refractivity contribution in [1.29, 1.82) is 0 Å². The second-order valence-electron chi connectivity index (χ2n) is 1.00. The summed E-state index contributed by atoms with van der Waals surface area (Å²) in [5.74, 6) is 0. The number of nitrogens with one attached hydrogen (secondary N) is 1. The van der Waals surface area contributed by atoms with Crippen LogP contribution in [0, 0.1) is 0 Å². The fraction of sp³-hybridized carbons (Fsp3) is 0.800. The standard InChI is InChI=1S/C3H6N2O.C2H6/c1-2-6-5-3-4-1;1-2/h3H,1-2H2,(H,4,5);1-2H3. The van der Waals surface area contributed by atoms with Crippen molar-refractivity contribution >= 4 is 6.34 Å². The fourth-order valence-corrected chi connectivity index (χ4v) is 0.296. The summed E-state index contributed by atoms with van der Waals surface area (Å²) in [5, 5.41) is 0. The smallest absolute Gasteiger partial charge is 0.107 e. The third kappa shape index (κ3) is 3.61. The van der Waals surface area contributed by atoms with Crippen LogP contribution in [0.1, 0.15) is 13.8 Å². The molecule has 1 aliphatic rings. The predicted octanol–water partition coefficient (Wildman–Crippen LogP) is 0.576. The minimum absolute atomic E-state index is 0.691. The number of hydrogen-bond acceptors (Lipinski definition) is 3. The summed E-state index contributed by atoms with van der Waals surface area (Å²) in [4.78, 5) is 8.49. The van der Waals surface area contributed by atoms with Gasteiger partial charge < -0.3 is 0 Å². The van der Waals surface area contributed by atoms with Crippen LogP contribution in [0.4, 0.5) is 0 Å². The van der Waals surface area contributed by atoms with E-state index in [0.29, 0.717) is 6.61 Å². The summed E-state index contributed by atoms with van der Waals surface area (Å²) in [6.45, 7) is 5.48. The Balaban J connectivity index is 0.000000222. The van der Waals surface area contributed by atoms with Gasteiger partial charge in [0.2, 0.25) is 0 Å². The molecule has 8 heavy (non-hydrogen) atoms. The first-order valence-corrected chi connectivity index (χ1v) is 2.86. The van der Waals surface area contributed by atoms with E-state index in [-0.39, 0.29) is 0 Å². The Labute approximate surface area is 49.7 Å². The Hall–Kier alpha value is -0.570.